The summed E-state index contributed by atoms with van der Waals surface area (Å²) in [5.74, 6) is 0.614. The zero-order valence-electron chi connectivity index (χ0n) is 10.2. The largest absolute Gasteiger partial charge is 0.268 e. The van der Waals surface area contributed by atoms with Gasteiger partial charge in [-0.2, -0.15) is 0 Å². The molecule has 0 aliphatic carbocycles. The van der Waals surface area contributed by atoms with Crippen molar-refractivity contribution in [1.82, 2.24) is 14.5 Å². The van der Waals surface area contributed by atoms with E-state index < -0.39 is 0 Å². The van der Waals surface area contributed by atoms with Crippen molar-refractivity contribution in [2.24, 2.45) is 0 Å². The summed E-state index contributed by atoms with van der Waals surface area (Å²) in [6.07, 6.45) is 1.64. The number of hydrogen-bond acceptors (Lipinski definition) is 3. The first kappa shape index (κ1) is 12.0. The second kappa shape index (κ2) is 4.59. The van der Waals surface area contributed by atoms with Gasteiger partial charge in [-0.1, -0.05) is 12.1 Å². The van der Waals surface area contributed by atoms with Crippen LogP contribution in [0.1, 0.15) is 5.82 Å². The minimum atomic E-state index is -0.109. The van der Waals surface area contributed by atoms with E-state index in [1.165, 1.54) is 0 Å². The maximum Gasteiger partial charge on any atom is 0.267 e. The van der Waals surface area contributed by atoms with E-state index in [1.54, 1.807) is 29.8 Å². The summed E-state index contributed by atoms with van der Waals surface area (Å²) < 4.78 is 2.44. The standard InChI is InChI=1S/C14H10BrN3O/c1-9-17-13-10(5-4-8-16-13)14(19)18(9)12-7-3-2-6-11(12)15/h2-8H,1H3. The lowest BCUT2D eigenvalue weighted by Gasteiger charge is -2.11. The third-order valence-electron chi connectivity index (χ3n) is 2.90. The Kier molecular flexibility index (Phi) is 2.91. The Morgan fingerprint density at radius 2 is 1.95 bits per heavy atom. The lowest BCUT2D eigenvalue weighted by Crippen LogP contribution is -2.22. The third kappa shape index (κ3) is 1.96. The van der Waals surface area contributed by atoms with E-state index in [4.69, 9.17) is 0 Å². The van der Waals surface area contributed by atoms with Gasteiger partial charge in [0, 0.05) is 10.7 Å². The fourth-order valence-corrected chi connectivity index (χ4v) is 2.50. The van der Waals surface area contributed by atoms with Crippen molar-refractivity contribution in [3.8, 4) is 5.69 Å². The molecule has 0 radical (unpaired) electrons. The van der Waals surface area contributed by atoms with Gasteiger partial charge in [0.2, 0.25) is 0 Å². The normalized spacial score (nSPS) is 10.8. The van der Waals surface area contributed by atoms with Crippen LogP contribution in [0, 0.1) is 6.92 Å². The predicted molar refractivity (Wildman–Crippen MR) is 77.6 cm³/mol. The maximum absolute atomic E-state index is 12.6. The van der Waals surface area contributed by atoms with Crippen molar-refractivity contribution in [2.45, 2.75) is 6.92 Å². The molecule has 4 nitrogen and oxygen atoms in total. The molecule has 94 valence electrons. The zero-order chi connectivity index (χ0) is 13.4. The summed E-state index contributed by atoms with van der Waals surface area (Å²) in [6.45, 7) is 1.80. The molecule has 0 atom stereocenters. The Morgan fingerprint density at radius 1 is 1.16 bits per heavy atom. The second-order valence-electron chi connectivity index (χ2n) is 4.13. The molecule has 2 heterocycles. The molecule has 0 bridgehead atoms. The molecule has 3 aromatic rings. The number of fused-ring (bicyclic) bond motifs is 1. The topological polar surface area (TPSA) is 47.8 Å². The quantitative estimate of drug-likeness (QED) is 0.693. The van der Waals surface area contributed by atoms with Gasteiger partial charge in [0.15, 0.2) is 5.65 Å². The van der Waals surface area contributed by atoms with Crippen molar-refractivity contribution in [3.05, 3.63) is 63.2 Å². The van der Waals surface area contributed by atoms with Crippen LogP contribution >= 0.6 is 15.9 Å². The molecular weight excluding hydrogens is 306 g/mol. The van der Waals surface area contributed by atoms with E-state index in [1.807, 2.05) is 24.3 Å². The molecular formula is C14H10BrN3O. The van der Waals surface area contributed by atoms with Gasteiger partial charge < -0.3 is 0 Å². The van der Waals surface area contributed by atoms with Gasteiger partial charge in [-0.05, 0) is 47.1 Å². The van der Waals surface area contributed by atoms with Gasteiger partial charge in [0.05, 0.1) is 11.1 Å². The molecule has 0 saturated carbocycles. The van der Waals surface area contributed by atoms with Crippen molar-refractivity contribution in [2.75, 3.05) is 0 Å². The van der Waals surface area contributed by atoms with Crippen molar-refractivity contribution in [3.63, 3.8) is 0 Å². The molecule has 1 aromatic carbocycles. The van der Waals surface area contributed by atoms with Crippen LogP contribution in [0.2, 0.25) is 0 Å². The van der Waals surface area contributed by atoms with Crippen LogP contribution in [-0.4, -0.2) is 14.5 Å². The molecule has 5 heteroatoms. The molecule has 0 amide bonds. The number of pyridine rings is 1. The average molecular weight is 316 g/mol. The SMILES string of the molecule is Cc1nc2ncccc2c(=O)n1-c1ccccc1Br. The Hall–Kier alpha value is -2.01. The van der Waals surface area contributed by atoms with Crippen LogP contribution in [0.3, 0.4) is 0 Å². The number of para-hydroxylation sites is 1. The molecule has 0 aliphatic rings. The first-order chi connectivity index (χ1) is 9.18. The number of nitrogens with zero attached hydrogens (tertiary/aromatic N) is 3. The number of aryl methyl sites for hydroxylation is 1. The first-order valence-electron chi connectivity index (χ1n) is 5.78. The minimum Gasteiger partial charge on any atom is -0.268 e. The molecule has 0 unspecified atom stereocenters. The van der Waals surface area contributed by atoms with Crippen LogP contribution in [0.15, 0.2) is 51.9 Å². The summed E-state index contributed by atoms with van der Waals surface area (Å²) in [6, 6.07) is 11.1. The molecule has 3 rings (SSSR count). The van der Waals surface area contributed by atoms with Crippen LogP contribution in [0.5, 0.6) is 0 Å². The fraction of sp³-hybridized carbons (Fsp3) is 0.0714. The number of rotatable bonds is 1. The lowest BCUT2D eigenvalue weighted by molar-refractivity contribution is 0.885. The monoisotopic (exact) mass is 315 g/mol. The highest BCUT2D eigenvalue weighted by molar-refractivity contribution is 9.10. The van der Waals surface area contributed by atoms with Gasteiger partial charge in [-0.25, -0.2) is 9.97 Å². The van der Waals surface area contributed by atoms with Gasteiger partial charge in [-0.15, -0.1) is 0 Å². The second-order valence-corrected chi connectivity index (χ2v) is 4.98. The van der Waals surface area contributed by atoms with E-state index in [0.717, 1.165) is 10.2 Å². The highest BCUT2D eigenvalue weighted by atomic mass is 79.9. The van der Waals surface area contributed by atoms with Crippen LogP contribution in [0.25, 0.3) is 16.7 Å². The Morgan fingerprint density at radius 3 is 2.74 bits per heavy atom. The molecule has 19 heavy (non-hydrogen) atoms. The summed E-state index contributed by atoms with van der Waals surface area (Å²) in [5.41, 5.74) is 1.15. The Balaban J connectivity index is 2.43. The third-order valence-corrected chi connectivity index (χ3v) is 3.58. The van der Waals surface area contributed by atoms with Crippen LogP contribution in [-0.2, 0) is 0 Å². The lowest BCUT2D eigenvalue weighted by atomic mass is 10.3. The summed E-state index contributed by atoms with van der Waals surface area (Å²) in [7, 11) is 0. The van der Waals surface area contributed by atoms with E-state index in [0.29, 0.717) is 16.9 Å². The number of halogens is 1. The van der Waals surface area contributed by atoms with E-state index >= 15 is 0 Å². The van der Waals surface area contributed by atoms with Crippen molar-refractivity contribution < 1.29 is 0 Å². The zero-order valence-corrected chi connectivity index (χ0v) is 11.8. The van der Waals surface area contributed by atoms with Crippen molar-refractivity contribution >= 4 is 27.0 Å². The predicted octanol–water partition coefficient (Wildman–Crippen LogP) is 2.85. The number of aromatic nitrogens is 3. The molecule has 0 spiro atoms. The van der Waals surface area contributed by atoms with Crippen LogP contribution < -0.4 is 5.56 Å². The highest BCUT2D eigenvalue weighted by Crippen LogP contribution is 2.20. The molecule has 0 fully saturated rings. The highest BCUT2D eigenvalue weighted by Gasteiger charge is 2.11. The molecule has 2 aromatic heterocycles. The van der Waals surface area contributed by atoms with Crippen LogP contribution in [0.4, 0.5) is 0 Å². The minimum absolute atomic E-state index is 0.109. The van der Waals surface area contributed by atoms with E-state index in [2.05, 4.69) is 25.9 Å². The number of hydrogen-bond donors (Lipinski definition) is 0. The fourth-order valence-electron chi connectivity index (χ4n) is 2.04. The Bertz CT molecular complexity index is 826. The van der Waals surface area contributed by atoms with Crippen molar-refractivity contribution in [1.29, 1.82) is 0 Å². The average Bonchev–Trinajstić information content (AvgIpc) is 2.41. The summed E-state index contributed by atoms with van der Waals surface area (Å²) in [4.78, 5) is 21.1. The van der Waals surface area contributed by atoms with Gasteiger partial charge in [0.25, 0.3) is 5.56 Å². The summed E-state index contributed by atoms with van der Waals surface area (Å²) >= 11 is 3.46. The van der Waals surface area contributed by atoms with E-state index in [9.17, 15) is 4.79 Å². The Labute approximate surface area is 117 Å². The van der Waals surface area contributed by atoms with E-state index in [-0.39, 0.29) is 5.56 Å². The number of benzene rings is 1. The smallest absolute Gasteiger partial charge is 0.267 e. The molecule has 0 N–H and O–H groups in total. The molecule has 0 aliphatic heterocycles. The molecule has 0 saturated heterocycles. The maximum atomic E-state index is 12.6. The van der Waals surface area contributed by atoms with Gasteiger partial charge in [-0.3, -0.25) is 9.36 Å². The van der Waals surface area contributed by atoms with Gasteiger partial charge >= 0.3 is 0 Å². The summed E-state index contributed by atoms with van der Waals surface area (Å²) in [5, 5.41) is 0.517. The van der Waals surface area contributed by atoms with Gasteiger partial charge in [0.1, 0.15) is 5.82 Å². The first-order valence-corrected chi connectivity index (χ1v) is 6.57.